The molecule has 2 aromatic rings. The summed E-state index contributed by atoms with van der Waals surface area (Å²) in [5, 5.41) is 22.6. The molecule has 0 spiro atoms. The first-order valence-electron chi connectivity index (χ1n) is 9.20. The smallest absolute Gasteiger partial charge is 0.410 e. The third kappa shape index (κ3) is 4.89. The van der Waals surface area contributed by atoms with E-state index in [1.807, 2.05) is 11.4 Å². The van der Waals surface area contributed by atoms with Gasteiger partial charge in [-0.1, -0.05) is 43.0 Å². The molecule has 0 unspecified atom stereocenters. The highest BCUT2D eigenvalue weighted by molar-refractivity contribution is 6.30. The predicted octanol–water partition coefficient (Wildman–Crippen LogP) is 3.96. The van der Waals surface area contributed by atoms with Crippen molar-refractivity contribution in [3.05, 3.63) is 35.1 Å². The van der Waals surface area contributed by atoms with E-state index in [1.165, 1.54) is 32.1 Å². The number of amidine groups is 1. The number of nitrogen functional groups attached to an aromatic ring is 1. The molecule has 0 saturated heterocycles. The minimum atomic E-state index is -1.36. The van der Waals surface area contributed by atoms with E-state index in [2.05, 4.69) is 15.3 Å². The lowest BCUT2D eigenvalue weighted by Gasteiger charge is -2.23. The molecule has 3 rings (SSSR count). The van der Waals surface area contributed by atoms with E-state index in [0.29, 0.717) is 27.9 Å². The first kappa shape index (κ1) is 19.9. The Labute approximate surface area is 168 Å². The summed E-state index contributed by atoms with van der Waals surface area (Å²) >= 11 is 6.13. The van der Waals surface area contributed by atoms with Crippen molar-refractivity contribution in [1.29, 1.82) is 5.41 Å². The maximum Gasteiger partial charge on any atom is 0.410 e. The Balaban J connectivity index is 1.96. The Hall–Kier alpha value is -2.87. The molecule has 1 aromatic carbocycles. The number of carbonyl (C=O) groups is 1. The van der Waals surface area contributed by atoms with E-state index in [4.69, 9.17) is 27.9 Å². The maximum absolute atomic E-state index is 10.8. The largest absolute Gasteiger partial charge is 0.465 e. The number of aromatic nitrogens is 2. The van der Waals surface area contributed by atoms with Crippen LogP contribution in [0.2, 0.25) is 5.02 Å². The van der Waals surface area contributed by atoms with Crippen LogP contribution in [0.25, 0.3) is 11.3 Å². The minimum Gasteiger partial charge on any atom is -0.465 e. The highest BCUT2D eigenvalue weighted by Gasteiger charge is 2.20. The highest BCUT2D eigenvalue weighted by Crippen LogP contribution is 2.33. The van der Waals surface area contributed by atoms with Gasteiger partial charge in [-0.25, -0.2) is 14.8 Å². The van der Waals surface area contributed by atoms with Gasteiger partial charge in [0.05, 0.1) is 5.69 Å². The molecule has 6 N–H and O–H groups in total. The van der Waals surface area contributed by atoms with Crippen molar-refractivity contribution in [3.63, 3.8) is 0 Å². The Morgan fingerprint density at radius 2 is 2.04 bits per heavy atom. The Kier molecular flexibility index (Phi) is 6.30. The van der Waals surface area contributed by atoms with Crippen LogP contribution in [-0.2, 0) is 0 Å². The number of amides is 1. The van der Waals surface area contributed by atoms with Crippen LogP contribution in [0.5, 0.6) is 0 Å². The van der Waals surface area contributed by atoms with Crippen LogP contribution in [0.1, 0.15) is 37.9 Å². The SMILES string of the molecule is N=C(NC(=O)O)c1nc(N)c(NCC2CCCCC2)c(-c2cccc(Cl)c2)n1. The number of anilines is 2. The number of nitrogens with two attached hydrogens (primary N) is 1. The molecule has 0 radical (unpaired) electrons. The highest BCUT2D eigenvalue weighted by atomic mass is 35.5. The average molecular weight is 403 g/mol. The molecule has 1 saturated carbocycles. The van der Waals surface area contributed by atoms with Gasteiger partial charge in [0.2, 0.25) is 0 Å². The van der Waals surface area contributed by atoms with Crippen LogP contribution in [0.15, 0.2) is 24.3 Å². The van der Waals surface area contributed by atoms with Crippen molar-refractivity contribution in [2.45, 2.75) is 32.1 Å². The summed E-state index contributed by atoms with van der Waals surface area (Å²) in [4.78, 5) is 19.4. The first-order valence-corrected chi connectivity index (χ1v) is 9.58. The Morgan fingerprint density at radius 3 is 2.71 bits per heavy atom. The van der Waals surface area contributed by atoms with Gasteiger partial charge in [-0.05, 0) is 30.9 Å². The lowest BCUT2D eigenvalue weighted by molar-refractivity contribution is 0.200. The van der Waals surface area contributed by atoms with E-state index in [0.717, 1.165) is 6.54 Å². The number of nitrogens with zero attached hydrogens (tertiary/aromatic N) is 2. The second-order valence-corrected chi connectivity index (χ2v) is 7.29. The van der Waals surface area contributed by atoms with Crippen LogP contribution in [0.3, 0.4) is 0 Å². The monoisotopic (exact) mass is 402 g/mol. The van der Waals surface area contributed by atoms with Crippen LogP contribution in [-0.4, -0.2) is 33.5 Å². The molecule has 28 heavy (non-hydrogen) atoms. The summed E-state index contributed by atoms with van der Waals surface area (Å²) in [6.45, 7) is 0.755. The third-order valence-electron chi connectivity index (χ3n) is 4.78. The van der Waals surface area contributed by atoms with Crippen molar-refractivity contribution in [1.82, 2.24) is 15.3 Å². The van der Waals surface area contributed by atoms with E-state index < -0.39 is 11.9 Å². The summed E-state index contributed by atoms with van der Waals surface area (Å²) in [5.74, 6) is 0.180. The number of carboxylic acid groups (broad SMARTS) is 1. The minimum absolute atomic E-state index is 0.0990. The quantitative estimate of drug-likeness (QED) is 0.379. The van der Waals surface area contributed by atoms with Gasteiger partial charge in [-0.2, -0.15) is 0 Å². The average Bonchev–Trinajstić information content (AvgIpc) is 2.66. The topological polar surface area (TPSA) is 137 Å². The number of halogens is 1. The van der Waals surface area contributed by atoms with Gasteiger partial charge >= 0.3 is 6.09 Å². The van der Waals surface area contributed by atoms with Gasteiger partial charge < -0.3 is 16.2 Å². The maximum atomic E-state index is 10.8. The lowest BCUT2D eigenvalue weighted by atomic mass is 9.89. The molecule has 1 fully saturated rings. The number of hydrogen-bond donors (Lipinski definition) is 5. The second kappa shape index (κ2) is 8.88. The van der Waals surface area contributed by atoms with Crippen molar-refractivity contribution in [2.75, 3.05) is 17.6 Å². The molecule has 9 heteroatoms. The summed E-state index contributed by atoms with van der Waals surface area (Å²) in [7, 11) is 0. The molecule has 1 aromatic heterocycles. The van der Waals surface area contributed by atoms with Crippen molar-refractivity contribution in [3.8, 4) is 11.3 Å². The van der Waals surface area contributed by atoms with Gasteiger partial charge in [-0.15, -0.1) is 0 Å². The Morgan fingerprint density at radius 1 is 1.29 bits per heavy atom. The zero-order valence-corrected chi connectivity index (χ0v) is 16.1. The summed E-state index contributed by atoms with van der Waals surface area (Å²) < 4.78 is 0. The van der Waals surface area contributed by atoms with E-state index in [1.54, 1.807) is 18.2 Å². The van der Waals surface area contributed by atoms with E-state index in [-0.39, 0.29) is 11.6 Å². The number of nitrogens with one attached hydrogen (secondary N) is 3. The number of rotatable bonds is 5. The van der Waals surface area contributed by atoms with Gasteiger partial charge in [0.15, 0.2) is 17.5 Å². The van der Waals surface area contributed by atoms with Gasteiger partial charge in [-0.3, -0.25) is 10.7 Å². The van der Waals surface area contributed by atoms with Crippen molar-refractivity contribution < 1.29 is 9.90 Å². The third-order valence-corrected chi connectivity index (χ3v) is 5.02. The van der Waals surface area contributed by atoms with Crippen LogP contribution in [0.4, 0.5) is 16.3 Å². The number of benzene rings is 1. The number of hydrogen-bond acceptors (Lipinski definition) is 6. The molecule has 1 heterocycles. The fraction of sp³-hybridized carbons (Fsp3) is 0.368. The molecule has 1 amide bonds. The van der Waals surface area contributed by atoms with Crippen LogP contribution < -0.4 is 16.4 Å². The summed E-state index contributed by atoms with van der Waals surface area (Å²) in [5.41, 5.74) is 7.92. The lowest BCUT2D eigenvalue weighted by Crippen LogP contribution is -2.31. The van der Waals surface area contributed by atoms with Gasteiger partial charge in [0.1, 0.15) is 5.69 Å². The fourth-order valence-corrected chi connectivity index (χ4v) is 3.60. The van der Waals surface area contributed by atoms with Crippen molar-refractivity contribution >= 4 is 35.0 Å². The van der Waals surface area contributed by atoms with Crippen LogP contribution in [0, 0.1) is 11.3 Å². The first-order chi connectivity index (χ1) is 13.4. The zero-order valence-electron chi connectivity index (χ0n) is 15.3. The molecular formula is C19H23ClN6O2. The van der Waals surface area contributed by atoms with Crippen molar-refractivity contribution in [2.24, 2.45) is 5.92 Å². The second-order valence-electron chi connectivity index (χ2n) is 6.86. The van der Waals surface area contributed by atoms with Gasteiger partial charge in [0, 0.05) is 17.1 Å². The standard InChI is InChI=1S/C19H23ClN6O2/c20-13-8-4-7-12(9-13)14-15(23-10-11-5-2-1-3-6-11)16(21)25-18(24-14)17(22)26-19(27)28/h4,7-9,11,23H,1-3,5-6,10H2,(H2,22,26)(H,27,28)(H2,21,24,25). The molecule has 148 valence electrons. The summed E-state index contributed by atoms with van der Waals surface area (Å²) in [6.07, 6.45) is 4.73. The molecule has 1 aliphatic carbocycles. The molecule has 0 atom stereocenters. The molecule has 8 nitrogen and oxygen atoms in total. The molecule has 0 aliphatic heterocycles. The predicted molar refractivity (Wildman–Crippen MR) is 110 cm³/mol. The normalized spacial score (nSPS) is 14.5. The van der Waals surface area contributed by atoms with E-state index >= 15 is 0 Å². The van der Waals surface area contributed by atoms with E-state index in [9.17, 15) is 4.79 Å². The summed E-state index contributed by atoms with van der Waals surface area (Å²) in [6, 6.07) is 7.12. The van der Waals surface area contributed by atoms with Gasteiger partial charge in [0.25, 0.3) is 0 Å². The Bertz CT molecular complexity index is 883. The zero-order chi connectivity index (χ0) is 20.1. The fourth-order valence-electron chi connectivity index (χ4n) is 3.41. The van der Waals surface area contributed by atoms with Crippen LogP contribution >= 0.6 is 11.6 Å². The molecule has 0 bridgehead atoms. The molecule has 1 aliphatic rings. The molecular weight excluding hydrogens is 380 g/mol.